The lowest BCUT2D eigenvalue weighted by molar-refractivity contribution is 0.397. The van der Waals surface area contributed by atoms with Crippen LogP contribution in [0.3, 0.4) is 0 Å². The molecule has 3 nitrogen and oxygen atoms in total. The van der Waals surface area contributed by atoms with Crippen LogP contribution in [0.2, 0.25) is 0 Å². The van der Waals surface area contributed by atoms with Gasteiger partial charge in [-0.05, 0) is 36.2 Å². The molecule has 0 aliphatic heterocycles. The number of benzene rings is 1. The molecule has 0 spiro atoms. The Hall–Kier alpha value is -2.01. The van der Waals surface area contributed by atoms with Crippen molar-refractivity contribution in [2.75, 3.05) is 13.7 Å². The van der Waals surface area contributed by atoms with Crippen LogP contribution in [0.4, 0.5) is 8.78 Å². The molecule has 0 radical (unpaired) electrons. The van der Waals surface area contributed by atoms with Crippen molar-refractivity contribution in [3.8, 4) is 5.88 Å². The van der Waals surface area contributed by atoms with Gasteiger partial charge in [-0.2, -0.15) is 0 Å². The van der Waals surface area contributed by atoms with Gasteiger partial charge in [-0.3, -0.25) is 0 Å². The quantitative estimate of drug-likeness (QED) is 0.887. The van der Waals surface area contributed by atoms with Crippen molar-refractivity contribution in [3.63, 3.8) is 0 Å². The van der Waals surface area contributed by atoms with Gasteiger partial charge < -0.3 is 10.1 Å². The number of likely N-dealkylation sites (N-methyl/N-ethyl adjacent to an activating group) is 1. The van der Waals surface area contributed by atoms with E-state index in [1.807, 2.05) is 13.0 Å². The fourth-order valence-electron chi connectivity index (χ4n) is 2.22. The molecule has 0 aliphatic carbocycles. The Morgan fingerprint density at radius 3 is 2.43 bits per heavy atom. The Morgan fingerprint density at radius 1 is 1.19 bits per heavy atom. The average Bonchev–Trinajstić information content (AvgIpc) is 2.46. The molecule has 0 fully saturated rings. The number of methoxy groups -OCH3 is 1. The van der Waals surface area contributed by atoms with Crippen molar-refractivity contribution < 1.29 is 13.5 Å². The monoisotopic (exact) mass is 292 g/mol. The number of nitrogens with one attached hydrogen (secondary N) is 1. The lowest BCUT2D eigenvalue weighted by atomic mass is 9.99. The van der Waals surface area contributed by atoms with Crippen molar-refractivity contribution in [3.05, 3.63) is 59.3 Å². The molecule has 1 aromatic heterocycles. The molecular formula is C16H18F2N2O. The van der Waals surface area contributed by atoms with Crippen LogP contribution >= 0.6 is 0 Å². The zero-order valence-corrected chi connectivity index (χ0v) is 12.1. The Labute approximate surface area is 123 Å². The van der Waals surface area contributed by atoms with Gasteiger partial charge >= 0.3 is 0 Å². The first-order valence-electron chi connectivity index (χ1n) is 6.80. The molecule has 112 valence electrons. The number of halogens is 2. The highest BCUT2D eigenvalue weighted by molar-refractivity contribution is 5.25. The first-order valence-corrected chi connectivity index (χ1v) is 6.80. The smallest absolute Gasteiger partial charge is 0.212 e. The SMILES string of the molecule is CCNC(Cc1ccc(OC)nc1)c1cc(F)cc(F)c1. The summed E-state index contributed by atoms with van der Waals surface area (Å²) in [7, 11) is 1.55. The highest BCUT2D eigenvalue weighted by atomic mass is 19.1. The maximum atomic E-state index is 13.4. The standard InChI is InChI=1S/C16H18F2N2O/c1-3-19-15(12-7-13(17)9-14(18)8-12)6-11-4-5-16(21-2)20-10-11/h4-5,7-10,15,19H,3,6H2,1-2H3. The van der Waals surface area contributed by atoms with Gasteiger partial charge in [0.1, 0.15) is 11.6 Å². The molecule has 1 aromatic carbocycles. The lowest BCUT2D eigenvalue weighted by Crippen LogP contribution is -2.23. The third-order valence-electron chi connectivity index (χ3n) is 3.18. The summed E-state index contributed by atoms with van der Waals surface area (Å²) in [5.41, 5.74) is 1.55. The van der Waals surface area contributed by atoms with E-state index in [9.17, 15) is 8.78 Å². The molecule has 1 atom stereocenters. The predicted molar refractivity (Wildman–Crippen MR) is 77.3 cm³/mol. The molecule has 2 aromatic rings. The van der Waals surface area contributed by atoms with Gasteiger partial charge in [0.05, 0.1) is 7.11 Å². The molecule has 0 saturated carbocycles. The molecular weight excluding hydrogens is 274 g/mol. The Bertz CT molecular complexity index is 567. The van der Waals surface area contributed by atoms with Crippen LogP contribution in [0.25, 0.3) is 0 Å². The van der Waals surface area contributed by atoms with Crippen LogP contribution in [0.1, 0.15) is 24.1 Å². The summed E-state index contributed by atoms with van der Waals surface area (Å²) >= 11 is 0. The van der Waals surface area contributed by atoms with Crippen molar-refractivity contribution in [2.45, 2.75) is 19.4 Å². The van der Waals surface area contributed by atoms with Gasteiger partial charge in [0.2, 0.25) is 5.88 Å². The minimum absolute atomic E-state index is 0.171. The van der Waals surface area contributed by atoms with E-state index >= 15 is 0 Å². The van der Waals surface area contributed by atoms with E-state index in [1.165, 1.54) is 12.1 Å². The van der Waals surface area contributed by atoms with Crippen molar-refractivity contribution >= 4 is 0 Å². The molecule has 0 amide bonds. The van der Waals surface area contributed by atoms with Crippen LogP contribution < -0.4 is 10.1 Å². The second-order valence-electron chi connectivity index (χ2n) is 4.73. The summed E-state index contributed by atoms with van der Waals surface area (Å²) in [4.78, 5) is 4.14. The van der Waals surface area contributed by atoms with Crippen LogP contribution in [0.5, 0.6) is 5.88 Å². The van der Waals surface area contributed by atoms with E-state index in [-0.39, 0.29) is 6.04 Å². The van der Waals surface area contributed by atoms with Crippen molar-refractivity contribution in [1.82, 2.24) is 10.3 Å². The highest BCUT2D eigenvalue weighted by Crippen LogP contribution is 2.21. The summed E-state index contributed by atoms with van der Waals surface area (Å²) in [6.45, 7) is 2.65. The topological polar surface area (TPSA) is 34.1 Å². The second kappa shape index (κ2) is 7.13. The third-order valence-corrected chi connectivity index (χ3v) is 3.18. The number of ether oxygens (including phenoxy) is 1. The Kier molecular flexibility index (Phi) is 5.22. The van der Waals surface area contributed by atoms with Crippen molar-refractivity contribution in [1.29, 1.82) is 0 Å². The molecule has 2 rings (SSSR count). The van der Waals surface area contributed by atoms with E-state index in [0.29, 0.717) is 24.4 Å². The summed E-state index contributed by atoms with van der Waals surface area (Å²) in [5.74, 6) is -0.600. The maximum absolute atomic E-state index is 13.4. The molecule has 5 heteroatoms. The molecule has 1 unspecified atom stereocenters. The maximum Gasteiger partial charge on any atom is 0.212 e. The van der Waals surface area contributed by atoms with Gasteiger partial charge in [0.25, 0.3) is 0 Å². The van der Waals surface area contributed by atoms with Gasteiger partial charge in [-0.15, -0.1) is 0 Å². The lowest BCUT2D eigenvalue weighted by Gasteiger charge is -2.18. The number of rotatable bonds is 6. The molecule has 0 aliphatic rings. The number of nitrogens with zero attached hydrogens (tertiary/aromatic N) is 1. The fraction of sp³-hybridized carbons (Fsp3) is 0.312. The normalized spacial score (nSPS) is 12.2. The zero-order chi connectivity index (χ0) is 15.2. The Morgan fingerprint density at radius 2 is 1.90 bits per heavy atom. The summed E-state index contributed by atoms with van der Waals surface area (Å²) in [6, 6.07) is 7.08. The number of hydrogen-bond acceptors (Lipinski definition) is 3. The van der Waals surface area contributed by atoms with Gasteiger partial charge in [0, 0.05) is 24.4 Å². The third kappa shape index (κ3) is 4.23. The van der Waals surface area contributed by atoms with E-state index in [4.69, 9.17) is 4.74 Å². The van der Waals surface area contributed by atoms with Gasteiger partial charge in [0.15, 0.2) is 0 Å². The average molecular weight is 292 g/mol. The molecule has 0 saturated heterocycles. The van der Waals surface area contributed by atoms with Crippen LogP contribution in [-0.2, 0) is 6.42 Å². The Balaban J connectivity index is 2.21. The minimum Gasteiger partial charge on any atom is -0.481 e. The van der Waals surface area contributed by atoms with E-state index < -0.39 is 11.6 Å². The van der Waals surface area contributed by atoms with Gasteiger partial charge in [-0.1, -0.05) is 13.0 Å². The number of aromatic nitrogens is 1. The first-order chi connectivity index (χ1) is 10.1. The van der Waals surface area contributed by atoms with E-state index in [1.54, 1.807) is 19.4 Å². The van der Waals surface area contributed by atoms with Crippen molar-refractivity contribution in [2.24, 2.45) is 0 Å². The summed E-state index contributed by atoms with van der Waals surface area (Å²) in [6.07, 6.45) is 2.30. The van der Waals surface area contributed by atoms with Crippen LogP contribution in [0, 0.1) is 11.6 Å². The predicted octanol–water partition coefficient (Wildman–Crippen LogP) is 3.26. The minimum atomic E-state index is -0.569. The molecule has 1 N–H and O–H groups in total. The van der Waals surface area contributed by atoms with E-state index in [0.717, 1.165) is 11.6 Å². The summed E-state index contributed by atoms with van der Waals surface area (Å²) in [5, 5.41) is 3.24. The largest absolute Gasteiger partial charge is 0.481 e. The van der Waals surface area contributed by atoms with Crippen LogP contribution in [0.15, 0.2) is 36.5 Å². The first kappa shape index (κ1) is 15.4. The second-order valence-corrected chi connectivity index (χ2v) is 4.73. The van der Waals surface area contributed by atoms with E-state index in [2.05, 4.69) is 10.3 Å². The molecule has 21 heavy (non-hydrogen) atoms. The summed E-state index contributed by atoms with van der Waals surface area (Å²) < 4.78 is 31.8. The van der Waals surface area contributed by atoms with Gasteiger partial charge in [-0.25, -0.2) is 13.8 Å². The highest BCUT2D eigenvalue weighted by Gasteiger charge is 2.14. The molecule has 1 heterocycles. The molecule has 0 bridgehead atoms. The fourth-order valence-corrected chi connectivity index (χ4v) is 2.22. The zero-order valence-electron chi connectivity index (χ0n) is 12.1. The number of pyridine rings is 1. The van der Waals surface area contributed by atoms with Crippen LogP contribution in [-0.4, -0.2) is 18.6 Å². The number of hydrogen-bond donors (Lipinski definition) is 1.